The molecule has 2 bridgehead atoms. The first-order valence-electron chi connectivity index (χ1n) is 17.2. The van der Waals surface area contributed by atoms with E-state index in [-0.39, 0.29) is 35.3 Å². The molecule has 0 aliphatic heterocycles. The predicted octanol–water partition coefficient (Wildman–Crippen LogP) is 6.62. The molecule has 4 aliphatic rings. The van der Waals surface area contributed by atoms with Crippen LogP contribution >= 0.6 is 11.3 Å². The normalized spacial score (nSPS) is 26.8. The van der Waals surface area contributed by atoms with E-state index < -0.39 is 50.8 Å². The lowest BCUT2D eigenvalue weighted by molar-refractivity contribution is -0.170. The molecule has 4 saturated carbocycles. The van der Waals surface area contributed by atoms with Gasteiger partial charge >= 0.3 is 22.1 Å². The first-order chi connectivity index (χ1) is 23.3. The zero-order valence-electron chi connectivity index (χ0n) is 26.7. The summed E-state index contributed by atoms with van der Waals surface area (Å²) in [5, 5.41) is 3.11. The average Bonchev–Trinajstić information content (AvgIpc) is 3.83. The molecule has 4 fully saturated rings. The fourth-order valence-corrected chi connectivity index (χ4v) is 10.6. The quantitative estimate of drug-likeness (QED) is 0.0993. The Hall–Kier alpha value is -3.64. The third-order valence-corrected chi connectivity index (χ3v) is 13.1. The second-order valence-electron chi connectivity index (χ2n) is 13.6. The van der Waals surface area contributed by atoms with Crippen molar-refractivity contribution in [1.29, 1.82) is 0 Å². The fourth-order valence-electron chi connectivity index (χ4n) is 8.17. The number of fused-ring (bicyclic) bond motifs is 3. The molecule has 0 amide bonds. The summed E-state index contributed by atoms with van der Waals surface area (Å²) < 4.78 is 45.9. The number of Topliss-reactive ketones (excluding diaryl/α,β-unsaturated/α-hetero) is 1. The summed E-state index contributed by atoms with van der Waals surface area (Å²) in [4.78, 5) is 45.7. The maximum absolute atomic E-state index is 13.9. The van der Waals surface area contributed by atoms with E-state index in [9.17, 15) is 22.8 Å². The van der Waals surface area contributed by atoms with E-state index in [4.69, 9.17) is 13.8 Å². The van der Waals surface area contributed by atoms with Crippen LogP contribution in [0.2, 0.25) is 0 Å². The Balaban J connectivity index is 1.16. The number of ether oxygens (including phenoxy) is 2. The number of thiazole rings is 1. The maximum atomic E-state index is 13.9. The van der Waals surface area contributed by atoms with Gasteiger partial charge in [-0.05, 0) is 88.2 Å². The van der Waals surface area contributed by atoms with Gasteiger partial charge in [-0.2, -0.15) is 8.42 Å². The molecule has 3 aromatic rings. The summed E-state index contributed by atoms with van der Waals surface area (Å²) in [6.45, 7) is 0. The molecule has 0 saturated heterocycles. The minimum absolute atomic E-state index is 0.128. The number of nitrogens with zero attached hydrogens (tertiary/aromatic N) is 2. The lowest BCUT2D eigenvalue weighted by atomic mass is 9.78. The van der Waals surface area contributed by atoms with E-state index in [1.54, 1.807) is 36.4 Å². The van der Waals surface area contributed by atoms with Crippen molar-refractivity contribution in [2.45, 2.75) is 94.5 Å². The molecule has 48 heavy (non-hydrogen) atoms. The Labute approximate surface area is 284 Å². The standard InChI is InChI=1S/C36H40N2O8S2/c39-33(22-12-4-1-5-13-22)32(34-37-27-18-10-11-19-28(27)47-34)38-46-48(42,43)29-21-23-20-26(29)31(36(41)45-25-16-8-3-9-17-25)30(23)35(40)44-24-14-6-2-7-15-24/h1,4-5,10-13,18-19,23-26,29-31H,2-3,6-9,14-17,20-21H2/b38-32+. The van der Waals surface area contributed by atoms with Crippen molar-refractivity contribution in [3.63, 3.8) is 0 Å². The van der Waals surface area contributed by atoms with Crippen molar-refractivity contribution in [2.75, 3.05) is 0 Å². The maximum Gasteiger partial charge on any atom is 0.331 e. The smallest absolute Gasteiger partial charge is 0.331 e. The van der Waals surface area contributed by atoms with Gasteiger partial charge in [-0.15, -0.1) is 11.3 Å². The van der Waals surface area contributed by atoms with Gasteiger partial charge < -0.3 is 9.47 Å². The predicted molar refractivity (Wildman–Crippen MR) is 180 cm³/mol. The van der Waals surface area contributed by atoms with Crippen LogP contribution in [0.1, 0.15) is 92.4 Å². The highest BCUT2D eigenvalue weighted by molar-refractivity contribution is 7.87. The van der Waals surface area contributed by atoms with Crippen LogP contribution in [0.4, 0.5) is 0 Å². The highest BCUT2D eigenvalue weighted by atomic mass is 32.2. The van der Waals surface area contributed by atoms with Crippen molar-refractivity contribution in [2.24, 2.45) is 28.8 Å². The number of hydrogen-bond donors (Lipinski definition) is 0. The molecule has 0 radical (unpaired) electrons. The molecule has 4 aliphatic carbocycles. The largest absolute Gasteiger partial charge is 0.462 e. The third-order valence-electron chi connectivity index (χ3n) is 10.5. The van der Waals surface area contributed by atoms with E-state index >= 15 is 0 Å². The number of oxime groups is 1. The molecule has 1 aromatic heterocycles. The van der Waals surface area contributed by atoms with Gasteiger partial charge in [-0.1, -0.05) is 60.5 Å². The second-order valence-corrected chi connectivity index (χ2v) is 16.3. The number of carbonyl (C=O) groups excluding carboxylic acids is 3. The van der Waals surface area contributed by atoms with Crippen molar-refractivity contribution >= 4 is 55.1 Å². The highest BCUT2D eigenvalue weighted by Crippen LogP contribution is 2.56. The number of hydrogen-bond acceptors (Lipinski definition) is 11. The molecular weight excluding hydrogens is 653 g/mol. The van der Waals surface area contributed by atoms with Gasteiger partial charge in [-0.25, -0.2) is 4.98 Å². The van der Waals surface area contributed by atoms with Crippen LogP contribution in [-0.4, -0.2) is 54.3 Å². The summed E-state index contributed by atoms with van der Waals surface area (Å²) in [6, 6.07) is 15.8. The Morgan fingerprint density at radius 3 is 2.00 bits per heavy atom. The topological polar surface area (TPSA) is 138 Å². The highest BCUT2D eigenvalue weighted by Gasteiger charge is 2.63. The van der Waals surface area contributed by atoms with Crippen molar-refractivity contribution in [1.82, 2.24) is 4.98 Å². The number of rotatable bonds is 10. The van der Waals surface area contributed by atoms with Crippen LogP contribution in [0.15, 0.2) is 59.8 Å². The van der Waals surface area contributed by atoms with Gasteiger partial charge in [0.25, 0.3) is 0 Å². The molecule has 2 aromatic carbocycles. The van der Waals surface area contributed by atoms with Crippen molar-refractivity contribution in [3.05, 3.63) is 65.2 Å². The molecule has 0 spiro atoms. The molecule has 5 unspecified atom stereocenters. The molecule has 12 heteroatoms. The van der Waals surface area contributed by atoms with Crippen LogP contribution in [0.5, 0.6) is 0 Å². The summed E-state index contributed by atoms with van der Waals surface area (Å²) >= 11 is 1.21. The van der Waals surface area contributed by atoms with E-state index in [1.807, 2.05) is 18.2 Å². The lowest BCUT2D eigenvalue weighted by Crippen LogP contribution is -2.45. The van der Waals surface area contributed by atoms with E-state index in [0.29, 0.717) is 17.5 Å². The van der Waals surface area contributed by atoms with Crippen LogP contribution < -0.4 is 0 Å². The van der Waals surface area contributed by atoms with Gasteiger partial charge in [0.15, 0.2) is 10.7 Å². The molecule has 5 atom stereocenters. The lowest BCUT2D eigenvalue weighted by Gasteiger charge is -2.34. The summed E-state index contributed by atoms with van der Waals surface area (Å²) in [7, 11) is -4.44. The first-order valence-corrected chi connectivity index (χ1v) is 19.4. The Morgan fingerprint density at radius 2 is 1.35 bits per heavy atom. The van der Waals surface area contributed by atoms with Crippen LogP contribution in [0.3, 0.4) is 0 Å². The number of benzene rings is 2. The summed E-state index contributed by atoms with van der Waals surface area (Å²) in [5.41, 5.74) is 0.727. The molecule has 254 valence electrons. The average molecular weight is 693 g/mol. The van der Waals surface area contributed by atoms with E-state index in [0.717, 1.165) is 68.9 Å². The van der Waals surface area contributed by atoms with Gasteiger partial charge in [-0.3, -0.25) is 18.7 Å². The zero-order valence-corrected chi connectivity index (χ0v) is 28.3. The zero-order chi connectivity index (χ0) is 33.3. The number of para-hydroxylation sites is 1. The van der Waals surface area contributed by atoms with Gasteiger partial charge in [0, 0.05) is 5.56 Å². The molecule has 1 heterocycles. The Morgan fingerprint density at radius 1 is 0.750 bits per heavy atom. The number of ketones is 1. The second kappa shape index (κ2) is 14.1. The van der Waals surface area contributed by atoms with Crippen molar-refractivity contribution < 1.29 is 36.6 Å². The van der Waals surface area contributed by atoms with E-state index in [2.05, 4.69) is 10.1 Å². The van der Waals surface area contributed by atoms with E-state index in [1.165, 1.54) is 11.3 Å². The molecular formula is C36H40N2O8S2. The number of aromatic nitrogens is 1. The Bertz CT molecular complexity index is 1760. The third kappa shape index (κ3) is 6.78. The van der Waals surface area contributed by atoms with Crippen LogP contribution in [-0.2, 0) is 33.5 Å². The summed E-state index contributed by atoms with van der Waals surface area (Å²) in [6.07, 6.45) is 9.28. The van der Waals surface area contributed by atoms with Gasteiger partial charge in [0.2, 0.25) is 5.78 Å². The molecule has 0 N–H and O–H groups in total. The monoisotopic (exact) mass is 692 g/mol. The number of carbonyl (C=O) groups is 3. The van der Waals surface area contributed by atoms with Crippen molar-refractivity contribution in [3.8, 4) is 0 Å². The van der Waals surface area contributed by atoms with Crippen LogP contribution in [0, 0.1) is 23.7 Å². The first kappa shape index (κ1) is 32.9. The molecule has 7 rings (SSSR count). The minimum atomic E-state index is -4.44. The fraction of sp³-hybridized carbons (Fsp3) is 0.528. The van der Waals surface area contributed by atoms with Gasteiger partial charge in [0.1, 0.15) is 17.5 Å². The SMILES string of the molecule is O=C(/C(=N\OS(=O)(=O)C1CC2CC1C(C(=O)OC1CCCCC1)C2C(=O)OC1CCCCC1)c1nc2ccccc2s1)c1ccccc1. The Kier molecular flexibility index (Phi) is 9.64. The van der Waals surface area contributed by atoms with Gasteiger partial charge in [0.05, 0.1) is 22.1 Å². The van der Waals surface area contributed by atoms with Crippen LogP contribution in [0.25, 0.3) is 10.2 Å². The number of esters is 2. The summed E-state index contributed by atoms with van der Waals surface area (Å²) in [5.74, 6) is -4.29. The molecule has 10 nitrogen and oxygen atoms in total. The minimum Gasteiger partial charge on any atom is -0.462 e.